The Hall–Kier alpha value is -2.32. The molecule has 0 bridgehead atoms. The van der Waals surface area contributed by atoms with Crippen molar-refractivity contribution in [2.24, 2.45) is 0 Å². The van der Waals surface area contributed by atoms with Gasteiger partial charge in [-0.05, 0) is 85.9 Å². The minimum Gasteiger partial charge on any atom is -0.490 e. The molecule has 194 valence electrons. The summed E-state index contributed by atoms with van der Waals surface area (Å²) in [5, 5.41) is 0.653. The van der Waals surface area contributed by atoms with Gasteiger partial charge in [-0.15, -0.1) is 0 Å². The fourth-order valence-electron chi connectivity index (χ4n) is 5.85. The molecule has 7 heteroatoms. The second kappa shape index (κ2) is 11.2. The van der Waals surface area contributed by atoms with Gasteiger partial charge in [0.05, 0.1) is 10.2 Å². The summed E-state index contributed by atoms with van der Waals surface area (Å²) in [4.78, 5) is 29.1. The van der Waals surface area contributed by atoms with E-state index in [0.29, 0.717) is 42.6 Å². The minimum absolute atomic E-state index is 0.154. The number of carbonyl (C=O) groups is 2. The number of ether oxygens (including phenoxy) is 2. The molecule has 1 aliphatic heterocycles. The van der Waals surface area contributed by atoms with Gasteiger partial charge in [0.1, 0.15) is 6.61 Å². The van der Waals surface area contributed by atoms with E-state index in [0.717, 1.165) is 69.5 Å². The summed E-state index contributed by atoms with van der Waals surface area (Å²) in [5.74, 6) is 1.21. The number of rotatable bonds is 7. The van der Waals surface area contributed by atoms with E-state index in [2.05, 4.69) is 40.5 Å². The van der Waals surface area contributed by atoms with Gasteiger partial charge in [-0.1, -0.05) is 29.8 Å². The van der Waals surface area contributed by atoms with Gasteiger partial charge in [0, 0.05) is 58.4 Å². The Balaban J connectivity index is 1.62. The molecule has 5 rings (SSSR count). The second-order valence-corrected chi connectivity index (χ2v) is 11.2. The first-order valence-electron chi connectivity index (χ1n) is 13.1. The molecule has 2 aromatic rings. The van der Waals surface area contributed by atoms with Crippen LogP contribution in [0, 0.1) is 3.57 Å². The summed E-state index contributed by atoms with van der Waals surface area (Å²) in [7, 11) is 0. The van der Waals surface area contributed by atoms with E-state index in [4.69, 9.17) is 21.1 Å². The monoisotopic (exact) mass is 631 g/mol. The predicted molar refractivity (Wildman–Crippen MR) is 153 cm³/mol. The molecule has 0 fully saturated rings. The van der Waals surface area contributed by atoms with Crippen molar-refractivity contribution in [2.45, 2.75) is 64.9 Å². The Kier molecular flexibility index (Phi) is 7.96. The van der Waals surface area contributed by atoms with Crippen LogP contribution in [0.25, 0.3) is 0 Å². The quantitative estimate of drug-likeness (QED) is 0.299. The standard InChI is InChI=1S/C30H31ClINO4/c1-3-33-22-11-7-13-24(34)28(22)27(29-23(33)12-8-14-25(29)35)19-15-21(32)30(26(16-19)36-4-2)37-17-18-9-5-6-10-20(18)31/h5-6,9-10,15-16,27H,3-4,7-8,11-14,17H2,1-2H3. The van der Waals surface area contributed by atoms with Crippen LogP contribution in [0.4, 0.5) is 0 Å². The summed E-state index contributed by atoms with van der Waals surface area (Å²) in [5.41, 5.74) is 5.60. The van der Waals surface area contributed by atoms with Crippen LogP contribution in [0.15, 0.2) is 58.9 Å². The van der Waals surface area contributed by atoms with Crippen molar-refractivity contribution in [1.82, 2.24) is 4.90 Å². The molecule has 2 aliphatic carbocycles. The van der Waals surface area contributed by atoms with E-state index in [9.17, 15) is 9.59 Å². The van der Waals surface area contributed by atoms with E-state index < -0.39 is 0 Å². The molecule has 37 heavy (non-hydrogen) atoms. The summed E-state index contributed by atoms with van der Waals surface area (Å²) in [6, 6.07) is 11.6. The van der Waals surface area contributed by atoms with E-state index in [1.807, 2.05) is 37.3 Å². The number of halogens is 2. The molecular formula is C30H31ClINO4. The van der Waals surface area contributed by atoms with Crippen molar-refractivity contribution in [3.05, 3.63) is 78.7 Å². The lowest BCUT2D eigenvalue weighted by molar-refractivity contribution is -0.117. The number of carbonyl (C=O) groups excluding carboxylic acids is 2. The number of allylic oxidation sites excluding steroid dienone is 4. The zero-order chi connectivity index (χ0) is 26.1. The molecule has 0 saturated heterocycles. The number of hydrogen-bond donors (Lipinski definition) is 0. The fourth-order valence-corrected chi connectivity index (χ4v) is 6.83. The first-order chi connectivity index (χ1) is 17.9. The van der Waals surface area contributed by atoms with Crippen LogP contribution in [0.3, 0.4) is 0 Å². The first kappa shape index (κ1) is 26.3. The van der Waals surface area contributed by atoms with Gasteiger partial charge in [-0.3, -0.25) is 9.59 Å². The summed E-state index contributed by atoms with van der Waals surface area (Å²) in [6.07, 6.45) is 4.49. The number of nitrogens with zero attached hydrogens (tertiary/aromatic N) is 1. The number of ketones is 2. The molecule has 0 radical (unpaired) electrons. The Labute approximate surface area is 237 Å². The maximum Gasteiger partial charge on any atom is 0.174 e. The zero-order valence-electron chi connectivity index (χ0n) is 21.2. The average molecular weight is 632 g/mol. The molecule has 0 spiro atoms. The molecular weight excluding hydrogens is 601 g/mol. The van der Waals surface area contributed by atoms with Crippen LogP contribution in [0.2, 0.25) is 5.02 Å². The lowest BCUT2D eigenvalue weighted by atomic mass is 9.71. The highest BCUT2D eigenvalue weighted by atomic mass is 127. The summed E-state index contributed by atoms with van der Waals surface area (Å²) < 4.78 is 13.2. The molecule has 3 aliphatic rings. The highest BCUT2D eigenvalue weighted by Gasteiger charge is 2.43. The maximum atomic E-state index is 13.4. The van der Waals surface area contributed by atoms with E-state index in [1.165, 1.54) is 0 Å². The maximum absolute atomic E-state index is 13.4. The second-order valence-electron chi connectivity index (χ2n) is 9.59. The van der Waals surface area contributed by atoms with E-state index in [-0.39, 0.29) is 17.5 Å². The van der Waals surface area contributed by atoms with Crippen LogP contribution >= 0.6 is 34.2 Å². The van der Waals surface area contributed by atoms with Gasteiger partial charge in [0.25, 0.3) is 0 Å². The number of hydrogen-bond acceptors (Lipinski definition) is 5. The van der Waals surface area contributed by atoms with Gasteiger partial charge < -0.3 is 14.4 Å². The van der Waals surface area contributed by atoms with Crippen molar-refractivity contribution in [3.8, 4) is 11.5 Å². The molecule has 5 nitrogen and oxygen atoms in total. The third-order valence-electron chi connectivity index (χ3n) is 7.40. The molecule has 0 amide bonds. The Morgan fingerprint density at radius 3 is 2.19 bits per heavy atom. The molecule has 0 atom stereocenters. The van der Waals surface area contributed by atoms with Gasteiger partial charge >= 0.3 is 0 Å². The van der Waals surface area contributed by atoms with Crippen molar-refractivity contribution in [1.29, 1.82) is 0 Å². The van der Waals surface area contributed by atoms with Crippen molar-refractivity contribution in [3.63, 3.8) is 0 Å². The Bertz CT molecular complexity index is 1270. The van der Waals surface area contributed by atoms with Gasteiger partial charge in [-0.25, -0.2) is 0 Å². The molecule has 0 N–H and O–H groups in total. The highest BCUT2D eigenvalue weighted by Crippen LogP contribution is 2.50. The van der Waals surface area contributed by atoms with Crippen LogP contribution in [-0.2, 0) is 16.2 Å². The van der Waals surface area contributed by atoms with Gasteiger partial charge in [0.2, 0.25) is 0 Å². The predicted octanol–water partition coefficient (Wildman–Crippen LogP) is 7.36. The van der Waals surface area contributed by atoms with Crippen molar-refractivity contribution < 1.29 is 19.1 Å². The largest absolute Gasteiger partial charge is 0.490 e. The van der Waals surface area contributed by atoms with Gasteiger partial charge in [-0.2, -0.15) is 0 Å². The zero-order valence-corrected chi connectivity index (χ0v) is 24.2. The highest BCUT2D eigenvalue weighted by molar-refractivity contribution is 14.1. The first-order valence-corrected chi connectivity index (χ1v) is 14.5. The Morgan fingerprint density at radius 1 is 0.946 bits per heavy atom. The summed E-state index contributed by atoms with van der Waals surface area (Å²) in [6.45, 7) is 5.59. The van der Waals surface area contributed by atoms with Crippen LogP contribution in [0.1, 0.15) is 69.4 Å². The molecule has 0 unspecified atom stereocenters. The van der Waals surface area contributed by atoms with Gasteiger partial charge in [0.15, 0.2) is 23.1 Å². The number of Topliss-reactive ketones (excluding diaryl/α,β-unsaturated/α-hetero) is 2. The fraction of sp³-hybridized carbons (Fsp3) is 0.400. The minimum atomic E-state index is -0.362. The molecule has 1 heterocycles. The average Bonchev–Trinajstić information content (AvgIpc) is 2.88. The van der Waals surface area contributed by atoms with Crippen LogP contribution in [-0.4, -0.2) is 29.6 Å². The lowest BCUT2D eigenvalue weighted by Gasteiger charge is -2.43. The molecule has 2 aromatic carbocycles. The molecule has 0 aromatic heterocycles. The van der Waals surface area contributed by atoms with E-state index >= 15 is 0 Å². The topological polar surface area (TPSA) is 55.8 Å². The van der Waals surface area contributed by atoms with Crippen molar-refractivity contribution in [2.75, 3.05) is 13.2 Å². The molecule has 0 saturated carbocycles. The normalized spacial score (nSPS) is 18.2. The van der Waals surface area contributed by atoms with Crippen LogP contribution in [0.5, 0.6) is 11.5 Å². The third-order valence-corrected chi connectivity index (χ3v) is 8.57. The lowest BCUT2D eigenvalue weighted by Crippen LogP contribution is -2.39. The van der Waals surface area contributed by atoms with E-state index in [1.54, 1.807) is 0 Å². The van der Waals surface area contributed by atoms with Crippen LogP contribution < -0.4 is 9.47 Å². The SMILES string of the molecule is CCOc1cc(C2C3=C(CCCC3=O)N(CC)C3=C2C(=O)CCC3)cc(I)c1OCc1ccccc1Cl. The third kappa shape index (κ3) is 4.94. The summed E-state index contributed by atoms with van der Waals surface area (Å²) >= 11 is 8.61. The van der Waals surface area contributed by atoms with Crippen molar-refractivity contribution >= 4 is 45.8 Å². The number of benzene rings is 2. The Morgan fingerprint density at radius 2 is 1.59 bits per heavy atom. The smallest absolute Gasteiger partial charge is 0.174 e.